The zero-order chi connectivity index (χ0) is 13.8. The molecule has 104 valence electrons. The van der Waals surface area contributed by atoms with Gasteiger partial charge in [0, 0.05) is 22.1 Å². The van der Waals surface area contributed by atoms with Gasteiger partial charge in [0.15, 0.2) is 0 Å². The van der Waals surface area contributed by atoms with Gasteiger partial charge in [-0.3, -0.25) is 4.79 Å². The van der Waals surface area contributed by atoms with E-state index in [1.54, 1.807) is 0 Å². The summed E-state index contributed by atoms with van der Waals surface area (Å²) in [5.41, 5.74) is 1.79. The minimum absolute atomic E-state index is 0.0536. The molecular weight excluding hydrogens is 304 g/mol. The van der Waals surface area contributed by atoms with Crippen LogP contribution in [0.25, 0.3) is 0 Å². The van der Waals surface area contributed by atoms with E-state index in [0.717, 1.165) is 41.3 Å². The summed E-state index contributed by atoms with van der Waals surface area (Å²) in [5.74, 6) is 0.0536. The lowest BCUT2D eigenvalue weighted by Crippen LogP contribution is -2.41. The van der Waals surface area contributed by atoms with Crippen LogP contribution in [0.3, 0.4) is 0 Å². The van der Waals surface area contributed by atoms with Gasteiger partial charge in [-0.25, -0.2) is 0 Å². The van der Waals surface area contributed by atoms with Crippen LogP contribution in [0.4, 0.5) is 0 Å². The highest BCUT2D eigenvalue weighted by Crippen LogP contribution is 2.20. The average molecular weight is 325 g/mol. The molecule has 0 heterocycles. The number of rotatable bonds is 3. The monoisotopic (exact) mass is 324 g/mol. The van der Waals surface area contributed by atoms with Crippen molar-refractivity contribution >= 4 is 21.8 Å². The van der Waals surface area contributed by atoms with E-state index in [2.05, 4.69) is 26.6 Å². The minimum Gasteiger partial charge on any atom is -0.349 e. The van der Waals surface area contributed by atoms with Crippen molar-refractivity contribution in [2.24, 2.45) is 0 Å². The zero-order valence-corrected chi connectivity index (χ0v) is 13.1. The smallest absolute Gasteiger partial charge is 0.251 e. The number of benzene rings is 1. The lowest BCUT2D eigenvalue weighted by atomic mass is 9.91. The molecule has 1 aromatic carbocycles. The first kappa shape index (κ1) is 14.5. The summed E-state index contributed by atoms with van der Waals surface area (Å²) in [4.78, 5) is 12.3. The lowest BCUT2D eigenvalue weighted by molar-refractivity contribution is 0.0924. The molecule has 0 radical (unpaired) electrons. The Morgan fingerprint density at radius 3 is 2.42 bits per heavy atom. The highest BCUT2D eigenvalue weighted by molar-refractivity contribution is 9.10. The van der Waals surface area contributed by atoms with Crippen molar-refractivity contribution in [1.82, 2.24) is 10.6 Å². The van der Waals surface area contributed by atoms with Crippen molar-refractivity contribution < 1.29 is 4.79 Å². The average Bonchev–Trinajstić information content (AvgIpc) is 2.39. The second-order valence-corrected chi connectivity index (χ2v) is 6.19. The van der Waals surface area contributed by atoms with Crippen LogP contribution in [0, 0.1) is 6.92 Å². The summed E-state index contributed by atoms with van der Waals surface area (Å²) in [6.07, 6.45) is 4.40. The van der Waals surface area contributed by atoms with Gasteiger partial charge in [0.2, 0.25) is 0 Å². The molecule has 3 nitrogen and oxygen atoms in total. The number of hydrogen-bond donors (Lipinski definition) is 2. The highest BCUT2D eigenvalue weighted by Gasteiger charge is 2.22. The van der Waals surface area contributed by atoms with Gasteiger partial charge < -0.3 is 10.6 Å². The molecule has 0 saturated heterocycles. The molecule has 0 bridgehead atoms. The summed E-state index contributed by atoms with van der Waals surface area (Å²) < 4.78 is 1.01. The number of nitrogens with one attached hydrogen (secondary N) is 2. The molecule has 0 spiro atoms. The maximum Gasteiger partial charge on any atom is 0.251 e. The molecule has 1 amide bonds. The maximum atomic E-state index is 12.3. The maximum absolute atomic E-state index is 12.3. The number of carbonyl (C=O) groups is 1. The van der Waals surface area contributed by atoms with Gasteiger partial charge in [-0.2, -0.15) is 0 Å². The van der Waals surface area contributed by atoms with Gasteiger partial charge in [-0.05, 0) is 63.4 Å². The van der Waals surface area contributed by atoms with Crippen LogP contribution >= 0.6 is 15.9 Å². The standard InChI is InChI=1S/C15H21BrN2O/c1-10-9-11(16)3-8-14(10)15(19)18-13-6-4-12(17-2)5-7-13/h3,8-9,12-13,17H,4-7H2,1-2H3,(H,18,19). The normalized spacial score (nSPS) is 23.1. The van der Waals surface area contributed by atoms with Crippen molar-refractivity contribution in [3.63, 3.8) is 0 Å². The minimum atomic E-state index is 0.0536. The molecule has 0 aromatic heterocycles. The van der Waals surface area contributed by atoms with E-state index in [-0.39, 0.29) is 5.91 Å². The predicted molar refractivity (Wildman–Crippen MR) is 81.4 cm³/mol. The van der Waals surface area contributed by atoms with Crippen LogP contribution in [-0.2, 0) is 0 Å². The molecule has 0 unspecified atom stereocenters. The van der Waals surface area contributed by atoms with Crippen LogP contribution in [0.15, 0.2) is 22.7 Å². The second kappa shape index (κ2) is 6.53. The van der Waals surface area contributed by atoms with Crippen molar-refractivity contribution in [1.29, 1.82) is 0 Å². The molecule has 4 heteroatoms. The van der Waals surface area contributed by atoms with E-state index >= 15 is 0 Å². The van der Waals surface area contributed by atoms with E-state index in [4.69, 9.17) is 0 Å². The first-order chi connectivity index (χ1) is 9.10. The lowest BCUT2D eigenvalue weighted by Gasteiger charge is -2.29. The summed E-state index contributed by atoms with van der Waals surface area (Å²) >= 11 is 3.42. The summed E-state index contributed by atoms with van der Waals surface area (Å²) in [6, 6.07) is 6.71. The van der Waals surface area contributed by atoms with Crippen LogP contribution < -0.4 is 10.6 Å². The van der Waals surface area contributed by atoms with Gasteiger partial charge in [0.1, 0.15) is 0 Å². The zero-order valence-electron chi connectivity index (χ0n) is 11.5. The Balaban J connectivity index is 1.94. The van der Waals surface area contributed by atoms with Crippen molar-refractivity contribution in [3.05, 3.63) is 33.8 Å². The van der Waals surface area contributed by atoms with E-state index in [0.29, 0.717) is 12.1 Å². The molecular formula is C15H21BrN2O. The molecule has 0 aliphatic heterocycles. The van der Waals surface area contributed by atoms with Crippen LogP contribution in [0.1, 0.15) is 41.6 Å². The Bertz CT molecular complexity index is 453. The number of hydrogen-bond acceptors (Lipinski definition) is 2. The Hall–Kier alpha value is -0.870. The van der Waals surface area contributed by atoms with Crippen LogP contribution in [0.5, 0.6) is 0 Å². The van der Waals surface area contributed by atoms with Crippen LogP contribution in [0.2, 0.25) is 0 Å². The second-order valence-electron chi connectivity index (χ2n) is 5.27. The van der Waals surface area contributed by atoms with Crippen molar-refractivity contribution in [2.45, 2.75) is 44.7 Å². The van der Waals surface area contributed by atoms with Gasteiger partial charge in [-0.15, -0.1) is 0 Å². The number of aryl methyl sites for hydroxylation is 1. The fourth-order valence-corrected chi connectivity index (χ4v) is 3.15. The first-order valence-corrected chi connectivity index (χ1v) is 7.63. The van der Waals surface area contributed by atoms with Gasteiger partial charge >= 0.3 is 0 Å². The molecule has 1 aliphatic rings. The van der Waals surface area contributed by atoms with Crippen molar-refractivity contribution in [2.75, 3.05) is 7.05 Å². The number of amides is 1. The van der Waals surface area contributed by atoms with Gasteiger partial charge in [0.05, 0.1) is 0 Å². The highest BCUT2D eigenvalue weighted by atomic mass is 79.9. The number of carbonyl (C=O) groups excluding carboxylic acids is 1. The molecule has 1 saturated carbocycles. The predicted octanol–water partition coefficient (Wildman–Crippen LogP) is 3.02. The SMILES string of the molecule is CNC1CCC(NC(=O)c2ccc(Br)cc2C)CC1. The number of halogens is 1. The molecule has 1 aromatic rings. The van der Waals surface area contributed by atoms with Crippen molar-refractivity contribution in [3.8, 4) is 0 Å². The Labute approximate surface area is 123 Å². The van der Waals surface area contributed by atoms with E-state index in [9.17, 15) is 4.79 Å². The third-order valence-corrected chi connectivity index (χ3v) is 4.40. The fraction of sp³-hybridized carbons (Fsp3) is 0.533. The summed E-state index contributed by atoms with van der Waals surface area (Å²) in [6.45, 7) is 1.97. The third-order valence-electron chi connectivity index (χ3n) is 3.90. The van der Waals surface area contributed by atoms with Gasteiger partial charge in [0.25, 0.3) is 5.91 Å². The Morgan fingerprint density at radius 1 is 1.21 bits per heavy atom. The summed E-state index contributed by atoms with van der Waals surface area (Å²) in [7, 11) is 2.01. The largest absolute Gasteiger partial charge is 0.349 e. The first-order valence-electron chi connectivity index (χ1n) is 6.84. The fourth-order valence-electron chi connectivity index (χ4n) is 2.67. The molecule has 2 N–H and O–H groups in total. The molecule has 0 atom stereocenters. The molecule has 1 fully saturated rings. The Kier molecular flexibility index (Phi) is 4.99. The van der Waals surface area contributed by atoms with E-state index in [1.165, 1.54) is 0 Å². The van der Waals surface area contributed by atoms with Gasteiger partial charge in [-0.1, -0.05) is 15.9 Å². The molecule has 19 heavy (non-hydrogen) atoms. The molecule has 1 aliphatic carbocycles. The van der Waals surface area contributed by atoms with E-state index in [1.807, 2.05) is 32.2 Å². The Morgan fingerprint density at radius 2 is 1.84 bits per heavy atom. The topological polar surface area (TPSA) is 41.1 Å². The third kappa shape index (κ3) is 3.80. The quantitative estimate of drug-likeness (QED) is 0.897. The van der Waals surface area contributed by atoms with E-state index < -0.39 is 0 Å². The van der Waals surface area contributed by atoms with Crippen LogP contribution in [-0.4, -0.2) is 25.0 Å². The molecule has 2 rings (SSSR count). The summed E-state index contributed by atoms with van der Waals surface area (Å²) in [5, 5.41) is 6.46.